The Kier molecular flexibility index (Phi) is 6.70. The maximum atomic E-state index is 12.2. The number of hydrogen-bond donors (Lipinski definition) is 1. The molecule has 0 saturated carbocycles. The van der Waals surface area contributed by atoms with Crippen LogP contribution >= 0.6 is 23.2 Å². The van der Waals surface area contributed by atoms with Crippen LogP contribution in [0.1, 0.15) is 17.3 Å². The fourth-order valence-corrected chi connectivity index (χ4v) is 2.23. The van der Waals surface area contributed by atoms with Crippen LogP contribution < -0.4 is 10.1 Å². The predicted octanol–water partition coefficient (Wildman–Crippen LogP) is 4.17. The van der Waals surface area contributed by atoms with Gasteiger partial charge >= 0.3 is 12.6 Å². The second kappa shape index (κ2) is 8.77. The van der Waals surface area contributed by atoms with Gasteiger partial charge in [-0.2, -0.15) is 8.78 Å². The molecular formula is C16H12Cl2F2N2O4. The average Bonchev–Trinajstić information content (AvgIpc) is 2.56. The average molecular weight is 405 g/mol. The number of esters is 1. The normalized spacial score (nSPS) is 11.8. The number of nitrogens with zero attached hydrogens (tertiary/aromatic N) is 1. The number of benzene rings is 1. The van der Waals surface area contributed by atoms with E-state index in [-0.39, 0.29) is 22.2 Å². The van der Waals surface area contributed by atoms with E-state index in [0.29, 0.717) is 5.02 Å². The maximum Gasteiger partial charge on any atom is 0.387 e. The van der Waals surface area contributed by atoms with Gasteiger partial charge in [-0.25, -0.2) is 9.78 Å². The number of nitrogens with one attached hydrogen (secondary N) is 1. The van der Waals surface area contributed by atoms with E-state index < -0.39 is 24.6 Å². The second-order valence-electron chi connectivity index (χ2n) is 4.93. The molecule has 1 N–H and O–H groups in total. The zero-order chi connectivity index (χ0) is 19.3. The number of anilines is 1. The van der Waals surface area contributed by atoms with Gasteiger partial charge in [0, 0.05) is 6.20 Å². The largest absolute Gasteiger partial charge is 0.449 e. The van der Waals surface area contributed by atoms with Gasteiger partial charge in [0.25, 0.3) is 5.91 Å². The molecule has 0 spiro atoms. The number of carbonyl (C=O) groups is 2. The Morgan fingerprint density at radius 1 is 1.23 bits per heavy atom. The zero-order valence-electron chi connectivity index (χ0n) is 13.2. The quantitative estimate of drug-likeness (QED) is 0.730. The molecule has 2 aromatic rings. The van der Waals surface area contributed by atoms with Gasteiger partial charge in [0.15, 0.2) is 11.9 Å². The van der Waals surface area contributed by atoms with Crippen molar-refractivity contribution >= 4 is 40.9 Å². The van der Waals surface area contributed by atoms with Gasteiger partial charge < -0.3 is 14.8 Å². The first-order valence-electron chi connectivity index (χ1n) is 7.14. The summed E-state index contributed by atoms with van der Waals surface area (Å²) >= 11 is 11.6. The molecule has 138 valence electrons. The van der Waals surface area contributed by atoms with E-state index in [4.69, 9.17) is 27.9 Å². The lowest BCUT2D eigenvalue weighted by molar-refractivity contribution is -0.123. The summed E-state index contributed by atoms with van der Waals surface area (Å²) in [5.74, 6) is -1.72. The highest BCUT2D eigenvalue weighted by molar-refractivity contribution is 6.36. The Balaban J connectivity index is 2.00. The summed E-state index contributed by atoms with van der Waals surface area (Å²) in [4.78, 5) is 28.0. The Morgan fingerprint density at radius 2 is 1.96 bits per heavy atom. The number of alkyl halides is 2. The molecule has 1 atom stereocenters. The van der Waals surface area contributed by atoms with E-state index in [2.05, 4.69) is 15.0 Å². The number of ether oxygens (including phenoxy) is 2. The smallest absolute Gasteiger partial charge is 0.387 e. The monoisotopic (exact) mass is 404 g/mol. The van der Waals surface area contributed by atoms with E-state index in [1.807, 2.05) is 0 Å². The van der Waals surface area contributed by atoms with Crippen molar-refractivity contribution in [2.45, 2.75) is 19.6 Å². The van der Waals surface area contributed by atoms with Gasteiger partial charge in [0.05, 0.1) is 15.6 Å². The predicted molar refractivity (Wildman–Crippen MR) is 90.8 cm³/mol. The molecule has 1 aromatic carbocycles. The lowest BCUT2D eigenvalue weighted by Crippen LogP contribution is -2.30. The van der Waals surface area contributed by atoms with Gasteiger partial charge in [-0.05, 0) is 31.2 Å². The molecule has 1 unspecified atom stereocenters. The molecule has 0 aliphatic heterocycles. The summed E-state index contributed by atoms with van der Waals surface area (Å²) in [6.07, 6.45) is 0.0875. The van der Waals surface area contributed by atoms with E-state index in [9.17, 15) is 18.4 Å². The Hall–Kier alpha value is -2.45. The molecule has 0 aliphatic carbocycles. The van der Waals surface area contributed by atoms with E-state index >= 15 is 0 Å². The zero-order valence-corrected chi connectivity index (χ0v) is 14.7. The van der Waals surface area contributed by atoms with Crippen LogP contribution in [0, 0.1) is 0 Å². The topological polar surface area (TPSA) is 77.5 Å². The summed E-state index contributed by atoms with van der Waals surface area (Å²) in [6, 6.07) is 6.40. The van der Waals surface area contributed by atoms with Crippen molar-refractivity contribution in [1.82, 2.24) is 4.98 Å². The first-order valence-corrected chi connectivity index (χ1v) is 7.89. The maximum absolute atomic E-state index is 12.2. The number of hydrogen-bond acceptors (Lipinski definition) is 5. The van der Waals surface area contributed by atoms with Crippen molar-refractivity contribution in [1.29, 1.82) is 0 Å². The number of amides is 1. The van der Waals surface area contributed by atoms with Crippen LogP contribution in [0.5, 0.6) is 5.75 Å². The lowest BCUT2D eigenvalue weighted by Gasteiger charge is -2.14. The Morgan fingerprint density at radius 3 is 2.62 bits per heavy atom. The number of aromatic nitrogens is 1. The van der Waals surface area contributed by atoms with Crippen molar-refractivity contribution < 1.29 is 27.8 Å². The van der Waals surface area contributed by atoms with Gasteiger partial charge in [0.1, 0.15) is 5.75 Å². The molecule has 1 amide bonds. The van der Waals surface area contributed by atoms with Crippen LogP contribution in [-0.4, -0.2) is 29.6 Å². The van der Waals surface area contributed by atoms with Crippen LogP contribution in [0.3, 0.4) is 0 Å². The number of pyridine rings is 1. The minimum atomic E-state index is -3.03. The third-order valence-corrected chi connectivity index (χ3v) is 3.49. The molecule has 0 fully saturated rings. The van der Waals surface area contributed by atoms with Gasteiger partial charge in [0.2, 0.25) is 0 Å². The van der Waals surface area contributed by atoms with Gasteiger partial charge in [-0.15, -0.1) is 0 Å². The number of carbonyl (C=O) groups excluding carboxylic acids is 2. The van der Waals surface area contributed by atoms with Crippen LogP contribution in [0.4, 0.5) is 14.6 Å². The van der Waals surface area contributed by atoms with E-state index in [0.717, 1.165) is 6.07 Å². The first kappa shape index (κ1) is 19.9. The van der Waals surface area contributed by atoms with Gasteiger partial charge in [-0.3, -0.25) is 4.79 Å². The lowest BCUT2D eigenvalue weighted by atomic mass is 10.2. The second-order valence-corrected chi connectivity index (χ2v) is 5.77. The molecular weight excluding hydrogens is 393 g/mol. The van der Waals surface area contributed by atoms with Crippen molar-refractivity contribution in [3.8, 4) is 5.75 Å². The highest BCUT2D eigenvalue weighted by Gasteiger charge is 2.21. The number of halogens is 4. The van der Waals surface area contributed by atoms with Crippen LogP contribution in [-0.2, 0) is 9.53 Å². The molecule has 1 aromatic heterocycles. The minimum Gasteiger partial charge on any atom is -0.449 e. The Bertz CT molecular complexity index is 821. The molecule has 0 radical (unpaired) electrons. The van der Waals surface area contributed by atoms with Crippen LogP contribution in [0.25, 0.3) is 0 Å². The van der Waals surface area contributed by atoms with Crippen LogP contribution in [0.15, 0.2) is 36.5 Å². The summed E-state index contributed by atoms with van der Waals surface area (Å²) in [6.45, 7) is -1.70. The summed E-state index contributed by atoms with van der Waals surface area (Å²) in [5, 5.41) is 2.79. The number of rotatable bonds is 6. The third-order valence-electron chi connectivity index (χ3n) is 3.00. The summed E-state index contributed by atoms with van der Waals surface area (Å²) < 4.78 is 33.6. The highest BCUT2D eigenvalue weighted by Crippen LogP contribution is 2.23. The fourth-order valence-electron chi connectivity index (χ4n) is 1.81. The molecule has 0 saturated heterocycles. The molecule has 0 aliphatic rings. The molecule has 6 nitrogen and oxygen atoms in total. The van der Waals surface area contributed by atoms with Crippen LogP contribution in [0.2, 0.25) is 10.0 Å². The summed E-state index contributed by atoms with van der Waals surface area (Å²) in [5.41, 5.74) is -0.0505. The van der Waals surface area contributed by atoms with Crippen molar-refractivity contribution in [3.05, 3.63) is 52.1 Å². The molecule has 10 heteroatoms. The highest BCUT2D eigenvalue weighted by atomic mass is 35.5. The van der Waals surface area contributed by atoms with Gasteiger partial charge in [-0.1, -0.05) is 29.3 Å². The van der Waals surface area contributed by atoms with Crippen molar-refractivity contribution in [2.75, 3.05) is 5.32 Å². The Labute approximate surface area is 157 Å². The van der Waals surface area contributed by atoms with E-state index in [1.165, 1.54) is 37.4 Å². The third kappa shape index (κ3) is 5.53. The molecule has 1 heterocycles. The molecule has 2 rings (SSSR count). The minimum absolute atomic E-state index is 0.0505. The molecule has 0 bridgehead atoms. The standard InChI is InChI=1S/C16H12Cl2F2N2O4/c1-8(14(23)22-13-12(18)6-10(17)7-21-13)25-15(24)9-3-2-4-11(5-9)26-16(19)20/h2-8,16H,1H3,(H,21,22,23). The van der Waals surface area contributed by atoms with Crippen molar-refractivity contribution in [3.63, 3.8) is 0 Å². The summed E-state index contributed by atoms with van der Waals surface area (Å²) in [7, 11) is 0. The molecule has 26 heavy (non-hydrogen) atoms. The fraction of sp³-hybridized carbons (Fsp3) is 0.188. The van der Waals surface area contributed by atoms with E-state index in [1.54, 1.807) is 0 Å². The first-order chi connectivity index (χ1) is 12.3. The van der Waals surface area contributed by atoms with Crippen molar-refractivity contribution in [2.24, 2.45) is 0 Å². The SMILES string of the molecule is CC(OC(=O)c1cccc(OC(F)F)c1)C(=O)Nc1ncc(Cl)cc1Cl.